The van der Waals surface area contributed by atoms with Gasteiger partial charge in [-0.2, -0.15) is 0 Å². The van der Waals surface area contributed by atoms with Crippen LogP contribution in [0.4, 0.5) is 0 Å². The van der Waals surface area contributed by atoms with Crippen LogP contribution in [0.2, 0.25) is 0 Å². The maximum Gasteiger partial charge on any atom is 0.244 e. The lowest BCUT2D eigenvalue weighted by Gasteiger charge is -2.31. The Kier molecular flexibility index (Phi) is 2.91. The van der Waals surface area contributed by atoms with Gasteiger partial charge in [-0.1, -0.05) is 0 Å². The standard InChI is InChI=1S/C10H15N3O3/c1-13-5-6(2-3-9(13)15)11-7-4-8(14)12-10(7)16/h6-7,11H,2-5H2,1H3,(H,12,14,16)/t6-,7+/m1/s1. The molecule has 0 aliphatic carbocycles. The summed E-state index contributed by atoms with van der Waals surface area (Å²) in [5, 5.41) is 5.38. The van der Waals surface area contributed by atoms with E-state index in [-0.39, 0.29) is 30.2 Å². The molecule has 0 unspecified atom stereocenters. The average molecular weight is 225 g/mol. The first-order valence-corrected chi connectivity index (χ1v) is 5.40. The first-order valence-electron chi connectivity index (χ1n) is 5.40. The summed E-state index contributed by atoms with van der Waals surface area (Å²) in [6.07, 6.45) is 1.42. The molecule has 6 nitrogen and oxygen atoms in total. The molecule has 2 rings (SSSR count). The van der Waals surface area contributed by atoms with Gasteiger partial charge in [0.2, 0.25) is 17.7 Å². The van der Waals surface area contributed by atoms with Gasteiger partial charge in [-0.05, 0) is 6.42 Å². The van der Waals surface area contributed by atoms with Crippen LogP contribution >= 0.6 is 0 Å². The number of hydrogen-bond acceptors (Lipinski definition) is 4. The molecule has 88 valence electrons. The number of piperidine rings is 1. The molecule has 2 atom stereocenters. The number of imide groups is 1. The van der Waals surface area contributed by atoms with E-state index in [2.05, 4.69) is 10.6 Å². The van der Waals surface area contributed by atoms with Gasteiger partial charge in [0.15, 0.2) is 0 Å². The summed E-state index contributed by atoms with van der Waals surface area (Å²) < 4.78 is 0. The molecular weight excluding hydrogens is 210 g/mol. The highest BCUT2D eigenvalue weighted by Gasteiger charge is 2.33. The van der Waals surface area contributed by atoms with E-state index < -0.39 is 6.04 Å². The Morgan fingerprint density at radius 3 is 2.69 bits per heavy atom. The van der Waals surface area contributed by atoms with Crippen LogP contribution in [0.5, 0.6) is 0 Å². The molecule has 2 saturated heterocycles. The number of nitrogens with zero attached hydrogens (tertiary/aromatic N) is 1. The minimum Gasteiger partial charge on any atom is -0.344 e. The number of likely N-dealkylation sites (N-methyl/N-ethyl adjacent to an activating group) is 1. The Balaban J connectivity index is 1.88. The summed E-state index contributed by atoms with van der Waals surface area (Å²) >= 11 is 0. The van der Waals surface area contributed by atoms with Gasteiger partial charge in [0.05, 0.1) is 12.5 Å². The second-order valence-corrected chi connectivity index (χ2v) is 4.35. The largest absolute Gasteiger partial charge is 0.344 e. The third kappa shape index (κ3) is 2.21. The molecule has 0 bridgehead atoms. The van der Waals surface area contributed by atoms with Crippen molar-refractivity contribution in [3.8, 4) is 0 Å². The number of nitrogens with one attached hydrogen (secondary N) is 2. The van der Waals surface area contributed by atoms with Crippen molar-refractivity contribution in [3.05, 3.63) is 0 Å². The van der Waals surface area contributed by atoms with Gasteiger partial charge in [-0.25, -0.2) is 0 Å². The van der Waals surface area contributed by atoms with Crippen LogP contribution in [0, 0.1) is 0 Å². The van der Waals surface area contributed by atoms with E-state index in [1.54, 1.807) is 11.9 Å². The summed E-state index contributed by atoms with van der Waals surface area (Å²) in [6.45, 7) is 0.594. The van der Waals surface area contributed by atoms with E-state index in [4.69, 9.17) is 0 Å². The maximum absolute atomic E-state index is 11.3. The first-order chi connectivity index (χ1) is 7.56. The SMILES string of the molecule is CN1C[C@H](N[C@H]2CC(=O)NC2=O)CCC1=O. The van der Waals surface area contributed by atoms with Crippen LogP contribution in [0.15, 0.2) is 0 Å². The zero-order chi connectivity index (χ0) is 11.7. The number of carbonyl (C=O) groups excluding carboxylic acids is 3. The lowest BCUT2D eigenvalue weighted by Crippen LogP contribution is -2.51. The Morgan fingerprint density at radius 2 is 2.12 bits per heavy atom. The molecule has 2 N–H and O–H groups in total. The van der Waals surface area contributed by atoms with E-state index in [1.165, 1.54) is 0 Å². The van der Waals surface area contributed by atoms with E-state index in [0.29, 0.717) is 13.0 Å². The Hall–Kier alpha value is -1.43. The van der Waals surface area contributed by atoms with Gasteiger partial charge < -0.3 is 10.2 Å². The van der Waals surface area contributed by atoms with Gasteiger partial charge in [0, 0.05) is 26.1 Å². The molecule has 2 heterocycles. The number of carbonyl (C=O) groups is 3. The smallest absolute Gasteiger partial charge is 0.244 e. The molecule has 2 aliphatic rings. The van der Waals surface area contributed by atoms with E-state index in [0.717, 1.165) is 6.42 Å². The van der Waals surface area contributed by atoms with Crippen LogP contribution in [0.3, 0.4) is 0 Å². The van der Waals surface area contributed by atoms with Crippen LogP contribution in [0.1, 0.15) is 19.3 Å². The summed E-state index contributed by atoms with van der Waals surface area (Å²) in [5.74, 6) is -0.364. The predicted molar refractivity (Wildman–Crippen MR) is 55.3 cm³/mol. The zero-order valence-electron chi connectivity index (χ0n) is 9.16. The lowest BCUT2D eigenvalue weighted by molar-refractivity contribution is -0.132. The Labute approximate surface area is 93.4 Å². The van der Waals surface area contributed by atoms with Gasteiger partial charge >= 0.3 is 0 Å². The number of likely N-dealkylation sites (tertiary alicyclic amines) is 1. The Morgan fingerprint density at radius 1 is 1.38 bits per heavy atom. The van der Waals surface area contributed by atoms with E-state index in [9.17, 15) is 14.4 Å². The quantitative estimate of drug-likeness (QED) is 0.567. The molecule has 0 aromatic heterocycles. The lowest BCUT2D eigenvalue weighted by atomic mass is 10.0. The van der Waals surface area contributed by atoms with Crippen molar-refractivity contribution < 1.29 is 14.4 Å². The van der Waals surface area contributed by atoms with Crippen LogP contribution in [0.25, 0.3) is 0 Å². The van der Waals surface area contributed by atoms with Gasteiger partial charge in [-0.3, -0.25) is 19.7 Å². The summed E-state index contributed by atoms with van der Waals surface area (Å²) in [7, 11) is 1.75. The molecule has 3 amide bonds. The molecule has 0 spiro atoms. The molecule has 0 saturated carbocycles. The first kappa shape index (κ1) is 11.1. The number of hydrogen-bond donors (Lipinski definition) is 2. The van der Waals surface area contributed by atoms with Crippen LogP contribution in [-0.4, -0.2) is 48.3 Å². The van der Waals surface area contributed by atoms with Crippen molar-refractivity contribution in [1.29, 1.82) is 0 Å². The average Bonchev–Trinajstić information content (AvgIpc) is 2.51. The van der Waals surface area contributed by atoms with Crippen molar-refractivity contribution in [2.45, 2.75) is 31.3 Å². The topological polar surface area (TPSA) is 78.5 Å². The van der Waals surface area contributed by atoms with E-state index in [1.807, 2.05) is 0 Å². The minimum absolute atomic E-state index is 0.101. The van der Waals surface area contributed by atoms with Crippen molar-refractivity contribution >= 4 is 17.7 Å². The normalized spacial score (nSPS) is 30.8. The molecule has 0 aromatic carbocycles. The molecule has 6 heteroatoms. The molecule has 0 radical (unpaired) electrons. The summed E-state index contributed by atoms with van der Waals surface area (Å²) in [5.41, 5.74) is 0. The molecule has 0 aromatic rings. The van der Waals surface area contributed by atoms with Crippen molar-refractivity contribution in [1.82, 2.24) is 15.5 Å². The number of amides is 3. The monoisotopic (exact) mass is 225 g/mol. The minimum atomic E-state index is -0.431. The fraction of sp³-hybridized carbons (Fsp3) is 0.700. The highest BCUT2D eigenvalue weighted by molar-refractivity contribution is 6.05. The fourth-order valence-electron chi connectivity index (χ4n) is 2.12. The van der Waals surface area contributed by atoms with Crippen LogP contribution in [-0.2, 0) is 14.4 Å². The number of rotatable bonds is 2. The summed E-state index contributed by atoms with van der Waals surface area (Å²) in [6, 6.07) is -0.330. The van der Waals surface area contributed by atoms with Crippen molar-refractivity contribution in [2.75, 3.05) is 13.6 Å². The third-order valence-corrected chi connectivity index (χ3v) is 3.03. The molecular formula is C10H15N3O3. The molecule has 16 heavy (non-hydrogen) atoms. The van der Waals surface area contributed by atoms with Crippen LogP contribution < -0.4 is 10.6 Å². The fourth-order valence-corrected chi connectivity index (χ4v) is 2.12. The van der Waals surface area contributed by atoms with Gasteiger partial charge in [0.1, 0.15) is 0 Å². The van der Waals surface area contributed by atoms with Gasteiger partial charge in [-0.15, -0.1) is 0 Å². The maximum atomic E-state index is 11.3. The highest BCUT2D eigenvalue weighted by Crippen LogP contribution is 2.12. The molecule has 2 aliphatic heterocycles. The third-order valence-electron chi connectivity index (χ3n) is 3.03. The van der Waals surface area contributed by atoms with E-state index >= 15 is 0 Å². The second kappa shape index (κ2) is 4.21. The zero-order valence-corrected chi connectivity index (χ0v) is 9.16. The predicted octanol–water partition coefficient (Wildman–Crippen LogP) is -1.39. The second-order valence-electron chi connectivity index (χ2n) is 4.35. The molecule has 2 fully saturated rings. The van der Waals surface area contributed by atoms with Crippen molar-refractivity contribution in [3.63, 3.8) is 0 Å². The van der Waals surface area contributed by atoms with Gasteiger partial charge in [0.25, 0.3) is 0 Å². The highest BCUT2D eigenvalue weighted by atomic mass is 16.2. The Bertz CT molecular complexity index is 342. The summed E-state index contributed by atoms with van der Waals surface area (Å²) in [4.78, 5) is 35.2. The van der Waals surface area contributed by atoms with Crippen molar-refractivity contribution in [2.24, 2.45) is 0 Å².